The lowest BCUT2D eigenvalue weighted by atomic mass is 10.1. The van der Waals surface area contributed by atoms with Gasteiger partial charge >= 0.3 is 0 Å². The van der Waals surface area contributed by atoms with Crippen molar-refractivity contribution >= 4 is 40.4 Å². The molecular weight excluding hydrogens is 491 g/mol. The van der Waals surface area contributed by atoms with E-state index in [1.807, 2.05) is 28.5 Å². The summed E-state index contributed by atoms with van der Waals surface area (Å²) in [5.41, 5.74) is 1.96. The molecule has 0 unspecified atom stereocenters. The number of amides is 3. The van der Waals surface area contributed by atoms with Crippen molar-refractivity contribution in [2.75, 3.05) is 49.5 Å². The molecule has 5 rings (SSSR count). The normalized spacial score (nSPS) is 16.0. The van der Waals surface area contributed by atoms with Crippen molar-refractivity contribution in [1.29, 1.82) is 0 Å². The van der Waals surface area contributed by atoms with Crippen LogP contribution in [0.3, 0.4) is 0 Å². The first kappa shape index (κ1) is 25.0. The van der Waals surface area contributed by atoms with Crippen LogP contribution in [0, 0.1) is 5.82 Å². The van der Waals surface area contributed by atoms with Crippen LogP contribution in [0.5, 0.6) is 0 Å². The Morgan fingerprint density at radius 3 is 2.16 bits per heavy atom. The van der Waals surface area contributed by atoms with Crippen molar-refractivity contribution in [3.8, 4) is 0 Å². The molecule has 192 valence electrons. The molecule has 3 amide bonds. The number of nitrogens with one attached hydrogen (secondary N) is 1. The summed E-state index contributed by atoms with van der Waals surface area (Å²) in [5, 5.41) is 4.76. The number of piperidine rings is 1. The summed E-state index contributed by atoms with van der Waals surface area (Å²) in [5.74, 6) is -1.11. The molecule has 0 aliphatic carbocycles. The van der Waals surface area contributed by atoms with Crippen LogP contribution in [-0.4, -0.2) is 66.8 Å². The predicted octanol–water partition coefficient (Wildman–Crippen LogP) is 4.73. The smallest absolute Gasteiger partial charge is 0.265 e. The molecule has 3 heterocycles. The summed E-state index contributed by atoms with van der Waals surface area (Å²) in [6.07, 6.45) is 3.07. The summed E-state index contributed by atoms with van der Waals surface area (Å²) in [6.45, 7) is 3.30. The molecule has 2 fully saturated rings. The minimum Gasteiger partial charge on any atom is -0.367 e. The molecule has 0 bridgehead atoms. The Kier molecular flexibility index (Phi) is 7.50. The maximum Gasteiger partial charge on any atom is 0.265 e. The van der Waals surface area contributed by atoms with Crippen LogP contribution in [0.2, 0.25) is 0 Å². The van der Waals surface area contributed by atoms with Crippen LogP contribution in [-0.2, 0) is 0 Å². The van der Waals surface area contributed by atoms with Crippen LogP contribution in [0.4, 0.5) is 15.8 Å². The average molecular weight is 521 g/mol. The predicted molar refractivity (Wildman–Crippen MR) is 143 cm³/mol. The van der Waals surface area contributed by atoms with Crippen molar-refractivity contribution in [1.82, 2.24) is 9.80 Å². The van der Waals surface area contributed by atoms with Gasteiger partial charge in [-0.3, -0.25) is 14.4 Å². The number of thiophene rings is 1. The van der Waals surface area contributed by atoms with Gasteiger partial charge in [0.1, 0.15) is 5.82 Å². The Hall–Kier alpha value is -3.72. The Labute approximate surface area is 219 Å². The minimum absolute atomic E-state index is 0.0493. The number of hydrogen-bond donors (Lipinski definition) is 1. The highest BCUT2D eigenvalue weighted by Crippen LogP contribution is 2.29. The molecule has 0 spiro atoms. The third-order valence-corrected chi connectivity index (χ3v) is 7.75. The number of nitrogens with zero attached hydrogens (tertiary/aromatic N) is 3. The van der Waals surface area contributed by atoms with Crippen LogP contribution < -0.4 is 10.2 Å². The molecule has 0 atom stereocenters. The topological polar surface area (TPSA) is 73.0 Å². The van der Waals surface area contributed by atoms with Crippen LogP contribution >= 0.6 is 11.3 Å². The van der Waals surface area contributed by atoms with Crippen LogP contribution in [0.25, 0.3) is 0 Å². The minimum atomic E-state index is -0.524. The molecule has 2 aliphatic rings. The largest absolute Gasteiger partial charge is 0.367 e. The highest BCUT2D eigenvalue weighted by atomic mass is 32.1. The standard InChI is InChI=1S/C28H29FN4O3S/c29-23-8-3-2-7-21(23)27(35)33-16-14-31(15-17-33)24-11-10-20(30-26(34)25-9-6-18-37-25)19-22(24)28(36)32-12-4-1-5-13-32/h2-3,6-11,18-19H,1,4-5,12-17H2,(H,30,34). The number of halogens is 1. The highest BCUT2D eigenvalue weighted by Gasteiger charge is 2.28. The number of hydrogen-bond acceptors (Lipinski definition) is 5. The maximum absolute atomic E-state index is 14.1. The molecule has 9 heteroatoms. The van der Waals surface area contributed by atoms with Gasteiger partial charge in [0.25, 0.3) is 17.7 Å². The summed E-state index contributed by atoms with van der Waals surface area (Å²) in [6, 6.07) is 15.0. The third-order valence-electron chi connectivity index (χ3n) is 6.88. The molecule has 0 radical (unpaired) electrons. The van der Waals surface area contributed by atoms with Gasteiger partial charge in [-0.15, -0.1) is 11.3 Å². The number of benzene rings is 2. The fourth-order valence-electron chi connectivity index (χ4n) is 4.88. The van der Waals surface area contributed by atoms with Gasteiger partial charge in [0.2, 0.25) is 0 Å². The molecule has 2 saturated heterocycles. The number of carbonyl (C=O) groups excluding carboxylic acids is 3. The van der Waals surface area contributed by atoms with E-state index < -0.39 is 5.82 Å². The maximum atomic E-state index is 14.1. The molecule has 7 nitrogen and oxygen atoms in total. The number of rotatable bonds is 5. The van der Waals surface area contributed by atoms with Crippen molar-refractivity contribution in [2.45, 2.75) is 19.3 Å². The lowest BCUT2D eigenvalue weighted by molar-refractivity contribution is 0.0717. The second-order valence-corrected chi connectivity index (χ2v) is 10.2. The SMILES string of the molecule is O=C(Nc1ccc(N2CCN(C(=O)c3ccccc3F)CC2)c(C(=O)N2CCCCC2)c1)c1cccs1. The number of piperazine rings is 1. The Morgan fingerprint density at radius 1 is 0.757 bits per heavy atom. The van der Waals surface area contributed by atoms with Crippen molar-refractivity contribution in [3.05, 3.63) is 81.8 Å². The summed E-state index contributed by atoms with van der Waals surface area (Å²) in [7, 11) is 0. The van der Waals surface area contributed by atoms with Gasteiger partial charge in [0, 0.05) is 50.6 Å². The number of carbonyl (C=O) groups is 3. The molecule has 1 aromatic heterocycles. The van der Waals surface area contributed by atoms with Gasteiger partial charge in [-0.2, -0.15) is 0 Å². The zero-order chi connectivity index (χ0) is 25.8. The second-order valence-electron chi connectivity index (χ2n) is 9.28. The quantitative estimate of drug-likeness (QED) is 0.528. The molecule has 3 aromatic rings. The zero-order valence-corrected chi connectivity index (χ0v) is 21.3. The van der Waals surface area contributed by atoms with Crippen molar-refractivity contribution in [3.63, 3.8) is 0 Å². The number of anilines is 2. The van der Waals surface area contributed by atoms with E-state index in [4.69, 9.17) is 0 Å². The first-order chi connectivity index (χ1) is 18.0. The highest BCUT2D eigenvalue weighted by molar-refractivity contribution is 7.12. The fourth-order valence-corrected chi connectivity index (χ4v) is 5.50. The molecular formula is C28H29FN4O3S. The monoisotopic (exact) mass is 520 g/mol. The van der Waals surface area contributed by atoms with E-state index in [-0.39, 0.29) is 23.3 Å². The first-order valence-electron chi connectivity index (χ1n) is 12.6. The van der Waals surface area contributed by atoms with Crippen LogP contribution in [0.15, 0.2) is 60.0 Å². The van der Waals surface area contributed by atoms with Gasteiger partial charge in [0.05, 0.1) is 16.0 Å². The molecule has 0 saturated carbocycles. The summed E-state index contributed by atoms with van der Waals surface area (Å²) in [4.78, 5) is 45.3. The summed E-state index contributed by atoms with van der Waals surface area (Å²) < 4.78 is 14.1. The van der Waals surface area contributed by atoms with Gasteiger partial charge < -0.3 is 20.0 Å². The van der Waals surface area contributed by atoms with Crippen molar-refractivity contribution < 1.29 is 18.8 Å². The first-order valence-corrected chi connectivity index (χ1v) is 13.5. The lowest BCUT2D eigenvalue weighted by Gasteiger charge is -2.37. The molecule has 2 aromatic carbocycles. The molecule has 2 aliphatic heterocycles. The fraction of sp³-hybridized carbons (Fsp3) is 0.321. The third kappa shape index (κ3) is 5.51. The second kappa shape index (κ2) is 11.1. The Balaban J connectivity index is 1.36. The van der Waals surface area contributed by atoms with E-state index in [1.165, 1.54) is 23.5 Å². The lowest BCUT2D eigenvalue weighted by Crippen LogP contribution is -2.49. The van der Waals surface area contributed by atoms with E-state index in [9.17, 15) is 18.8 Å². The van der Waals surface area contributed by atoms with Gasteiger partial charge in [0.15, 0.2) is 0 Å². The van der Waals surface area contributed by atoms with E-state index in [0.29, 0.717) is 42.3 Å². The van der Waals surface area contributed by atoms with E-state index in [2.05, 4.69) is 10.2 Å². The summed E-state index contributed by atoms with van der Waals surface area (Å²) >= 11 is 1.36. The Bertz CT molecular complexity index is 1280. The molecule has 37 heavy (non-hydrogen) atoms. The zero-order valence-electron chi connectivity index (χ0n) is 20.5. The van der Waals surface area contributed by atoms with Gasteiger partial charge in [-0.05, 0) is 61.0 Å². The van der Waals surface area contributed by atoms with E-state index >= 15 is 0 Å². The van der Waals surface area contributed by atoms with Crippen molar-refractivity contribution in [2.24, 2.45) is 0 Å². The average Bonchev–Trinajstić information content (AvgIpc) is 3.49. The van der Waals surface area contributed by atoms with E-state index in [1.54, 1.807) is 29.2 Å². The Morgan fingerprint density at radius 2 is 1.46 bits per heavy atom. The molecule has 1 N–H and O–H groups in total. The van der Waals surface area contributed by atoms with E-state index in [0.717, 1.165) is 38.0 Å². The number of likely N-dealkylation sites (tertiary alicyclic amines) is 1. The van der Waals surface area contributed by atoms with Crippen LogP contribution in [0.1, 0.15) is 49.7 Å². The van der Waals surface area contributed by atoms with Gasteiger partial charge in [-0.25, -0.2) is 4.39 Å². The van der Waals surface area contributed by atoms with Gasteiger partial charge in [-0.1, -0.05) is 18.2 Å².